The molecule has 36 heavy (non-hydrogen) atoms. The average molecular weight is 513 g/mol. The summed E-state index contributed by atoms with van der Waals surface area (Å²) in [5, 5.41) is 5.39. The summed E-state index contributed by atoms with van der Waals surface area (Å²) in [4.78, 5) is 37.1. The molecule has 7 nitrogen and oxygen atoms in total. The van der Waals surface area contributed by atoms with E-state index in [9.17, 15) is 14.4 Å². The Balaban J connectivity index is 3.82. The van der Waals surface area contributed by atoms with Crippen LogP contribution in [-0.4, -0.2) is 61.7 Å². The van der Waals surface area contributed by atoms with Gasteiger partial charge in [0.25, 0.3) is 0 Å². The van der Waals surface area contributed by atoms with Crippen molar-refractivity contribution < 1.29 is 23.6 Å². The Morgan fingerprint density at radius 1 is 0.639 bits per heavy atom. The number of unbranched alkanes of at least 4 members (excludes halogenated alkanes) is 14. The van der Waals surface area contributed by atoms with Crippen molar-refractivity contribution in [2.45, 2.75) is 143 Å². The Morgan fingerprint density at radius 3 is 1.56 bits per heavy atom. The van der Waals surface area contributed by atoms with Gasteiger partial charge in [0, 0.05) is 0 Å². The monoisotopic (exact) mass is 512 g/mol. The van der Waals surface area contributed by atoms with E-state index >= 15 is 0 Å². The molecular formula is C29H58N3O4+. The van der Waals surface area contributed by atoms with E-state index < -0.39 is 18.1 Å². The molecule has 2 atom stereocenters. The molecule has 0 heterocycles. The Labute approximate surface area is 222 Å². The van der Waals surface area contributed by atoms with Crippen LogP contribution in [0.5, 0.6) is 0 Å². The summed E-state index contributed by atoms with van der Waals surface area (Å²) in [6, 6.07) is -1.68. The van der Waals surface area contributed by atoms with Crippen molar-refractivity contribution in [3.8, 4) is 0 Å². The average Bonchev–Trinajstić information content (AvgIpc) is 2.84. The number of quaternary nitrogens is 1. The highest BCUT2D eigenvalue weighted by atomic mass is 16.5. The molecule has 0 unspecified atom stereocenters. The summed E-state index contributed by atoms with van der Waals surface area (Å²) in [5.74, 6) is -0.824. The fraction of sp³-hybridized carbons (Fsp3) is 0.897. The smallest absolute Gasteiger partial charge is 0.416 e. The number of hydrogen-bond donors (Lipinski definition) is 2. The second-order valence-corrected chi connectivity index (χ2v) is 10.9. The number of carbonyl (C=O) groups excluding carboxylic acids is 3. The maximum atomic E-state index is 12.5. The summed E-state index contributed by atoms with van der Waals surface area (Å²) in [6.07, 6.45) is 19.9. The van der Waals surface area contributed by atoms with Gasteiger partial charge >= 0.3 is 12.0 Å². The Morgan fingerprint density at radius 2 is 1.08 bits per heavy atom. The maximum Gasteiger partial charge on any atom is 0.416 e. The SMILES string of the molecule is CCCCCCCCCCCCCCCCOC(=O)[C@H](C)NC(=O)[C@H](C)NC(=O)[N+](C)(C)CCCC. The molecule has 3 amide bonds. The number of carbonyl (C=O) groups is 3. The fourth-order valence-corrected chi connectivity index (χ4v) is 4.07. The molecule has 0 aliphatic rings. The van der Waals surface area contributed by atoms with Crippen LogP contribution in [0.15, 0.2) is 0 Å². The molecule has 0 rings (SSSR count). The van der Waals surface area contributed by atoms with Gasteiger partial charge in [-0.15, -0.1) is 0 Å². The molecular weight excluding hydrogens is 454 g/mol. The third kappa shape index (κ3) is 17.7. The largest absolute Gasteiger partial charge is 0.464 e. The Hall–Kier alpha value is -1.63. The van der Waals surface area contributed by atoms with E-state index in [1.54, 1.807) is 13.8 Å². The van der Waals surface area contributed by atoms with Gasteiger partial charge in [-0.2, -0.15) is 0 Å². The fourth-order valence-electron chi connectivity index (χ4n) is 4.07. The number of urea groups is 1. The minimum atomic E-state index is -0.744. The molecule has 212 valence electrons. The van der Waals surface area contributed by atoms with Crippen molar-refractivity contribution >= 4 is 17.9 Å². The van der Waals surface area contributed by atoms with Gasteiger partial charge in [0.2, 0.25) is 5.91 Å². The van der Waals surface area contributed by atoms with Crippen molar-refractivity contribution in [3.63, 3.8) is 0 Å². The van der Waals surface area contributed by atoms with Gasteiger partial charge in [-0.1, -0.05) is 104 Å². The van der Waals surface area contributed by atoms with Gasteiger partial charge in [0.05, 0.1) is 27.2 Å². The number of nitrogens with zero attached hydrogens (tertiary/aromatic N) is 1. The van der Waals surface area contributed by atoms with E-state index in [-0.39, 0.29) is 16.4 Å². The summed E-state index contributed by atoms with van der Waals surface area (Å²) >= 11 is 0. The van der Waals surface area contributed by atoms with Crippen LogP contribution < -0.4 is 10.6 Å². The molecule has 0 saturated carbocycles. The predicted molar refractivity (Wildman–Crippen MR) is 149 cm³/mol. The number of rotatable bonds is 22. The lowest BCUT2D eigenvalue weighted by atomic mass is 10.0. The molecule has 7 heteroatoms. The quantitative estimate of drug-likeness (QED) is 0.0986. The third-order valence-corrected chi connectivity index (χ3v) is 6.81. The first-order valence-electron chi connectivity index (χ1n) is 14.8. The van der Waals surface area contributed by atoms with Crippen LogP contribution >= 0.6 is 0 Å². The zero-order valence-electron chi connectivity index (χ0n) is 24.5. The van der Waals surface area contributed by atoms with E-state index in [1.807, 2.05) is 14.1 Å². The standard InChI is InChI=1S/C29H57N3O4/c1-7-9-11-12-13-14-15-16-17-18-19-20-21-22-24-36-28(34)26(4)30-27(33)25(3)31-29(35)32(5,6)23-10-8-2/h25-26H,7-24H2,1-6H3,(H-,30,31,33,35)/p+1/t25-,26-/m0/s1. The van der Waals surface area contributed by atoms with Gasteiger partial charge in [0.1, 0.15) is 12.1 Å². The van der Waals surface area contributed by atoms with Crippen molar-refractivity contribution in [1.82, 2.24) is 10.6 Å². The normalized spacial score (nSPS) is 13.2. The van der Waals surface area contributed by atoms with Crippen LogP contribution in [0.3, 0.4) is 0 Å². The van der Waals surface area contributed by atoms with Crippen LogP contribution in [0, 0.1) is 0 Å². The second kappa shape index (κ2) is 21.5. The molecule has 0 radical (unpaired) electrons. The molecule has 0 saturated heterocycles. The highest BCUT2D eigenvalue weighted by Gasteiger charge is 2.30. The van der Waals surface area contributed by atoms with Crippen molar-refractivity contribution in [3.05, 3.63) is 0 Å². The lowest BCUT2D eigenvalue weighted by Gasteiger charge is -2.28. The van der Waals surface area contributed by atoms with E-state index in [0.29, 0.717) is 13.2 Å². The van der Waals surface area contributed by atoms with Gasteiger partial charge in [0.15, 0.2) is 0 Å². The molecule has 0 fully saturated rings. The van der Waals surface area contributed by atoms with E-state index in [1.165, 1.54) is 77.0 Å². The highest BCUT2D eigenvalue weighted by molar-refractivity contribution is 5.89. The third-order valence-electron chi connectivity index (χ3n) is 6.81. The highest BCUT2D eigenvalue weighted by Crippen LogP contribution is 2.13. The Kier molecular flexibility index (Phi) is 20.5. The van der Waals surface area contributed by atoms with Gasteiger partial charge in [-0.3, -0.25) is 10.1 Å². The van der Waals surface area contributed by atoms with E-state index in [4.69, 9.17) is 4.74 Å². The minimum absolute atomic E-state index is 0.169. The van der Waals surface area contributed by atoms with Gasteiger partial charge in [-0.05, 0) is 26.7 Å². The van der Waals surface area contributed by atoms with Crippen LogP contribution in [0.4, 0.5) is 4.79 Å². The number of nitrogens with one attached hydrogen (secondary N) is 2. The van der Waals surface area contributed by atoms with Crippen LogP contribution in [-0.2, 0) is 14.3 Å². The van der Waals surface area contributed by atoms with Gasteiger partial charge < -0.3 is 10.1 Å². The Bertz CT molecular complexity index is 595. The predicted octanol–water partition coefficient (Wildman–Crippen LogP) is 6.49. The number of esters is 1. The van der Waals surface area contributed by atoms with Crippen LogP contribution in [0.2, 0.25) is 0 Å². The van der Waals surface area contributed by atoms with Crippen molar-refractivity contribution in [2.24, 2.45) is 0 Å². The van der Waals surface area contributed by atoms with Crippen LogP contribution in [0.25, 0.3) is 0 Å². The molecule has 0 aromatic rings. The minimum Gasteiger partial charge on any atom is -0.464 e. The maximum absolute atomic E-state index is 12.5. The van der Waals surface area contributed by atoms with E-state index in [0.717, 1.165) is 25.7 Å². The summed E-state index contributed by atoms with van der Waals surface area (Å²) in [5.41, 5.74) is 0. The molecule has 0 aromatic heterocycles. The first kappa shape index (κ1) is 34.4. The number of ether oxygens (including phenoxy) is 1. The lowest BCUT2D eigenvalue weighted by molar-refractivity contribution is -0.809. The zero-order chi connectivity index (χ0) is 27.2. The molecule has 0 aromatic carbocycles. The lowest BCUT2D eigenvalue weighted by Crippen LogP contribution is -2.57. The molecule has 2 N–H and O–H groups in total. The number of amides is 3. The zero-order valence-corrected chi connectivity index (χ0v) is 24.5. The van der Waals surface area contributed by atoms with Crippen molar-refractivity contribution in [1.29, 1.82) is 0 Å². The van der Waals surface area contributed by atoms with Gasteiger partial charge in [-0.25, -0.2) is 14.1 Å². The summed E-state index contributed by atoms with van der Waals surface area (Å²) in [6.45, 7) is 8.66. The second-order valence-electron chi connectivity index (χ2n) is 10.9. The molecule has 0 spiro atoms. The summed E-state index contributed by atoms with van der Waals surface area (Å²) < 4.78 is 5.50. The first-order valence-corrected chi connectivity index (χ1v) is 14.8. The molecule has 0 aliphatic heterocycles. The topological polar surface area (TPSA) is 84.5 Å². The van der Waals surface area contributed by atoms with Crippen molar-refractivity contribution in [2.75, 3.05) is 27.2 Å². The molecule has 0 bridgehead atoms. The van der Waals surface area contributed by atoms with Crippen LogP contribution in [0.1, 0.15) is 130 Å². The molecule has 0 aliphatic carbocycles. The number of hydrogen-bond acceptors (Lipinski definition) is 4. The summed E-state index contributed by atoms with van der Waals surface area (Å²) in [7, 11) is 3.65. The first-order chi connectivity index (χ1) is 17.2. The van der Waals surface area contributed by atoms with E-state index in [2.05, 4.69) is 24.5 Å².